The predicted octanol–water partition coefficient (Wildman–Crippen LogP) is 1.66. The first-order chi connectivity index (χ1) is 8.26. The molecule has 0 amide bonds. The molecular formula is C14H22N2O. The van der Waals surface area contributed by atoms with Crippen LogP contribution in [0.2, 0.25) is 0 Å². The van der Waals surface area contributed by atoms with E-state index in [0.717, 1.165) is 31.8 Å². The number of nitrogens with one attached hydrogen (secondary N) is 1. The molecule has 0 bridgehead atoms. The van der Waals surface area contributed by atoms with E-state index in [1.807, 2.05) is 0 Å². The monoisotopic (exact) mass is 234 g/mol. The number of hydrogen-bond acceptors (Lipinski definition) is 3. The van der Waals surface area contributed by atoms with Crippen molar-refractivity contribution in [1.82, 2.24) is 5.32 Å². The molecule has 0 spiro atoms. The summed E-state index contributed by atoms with van der Waals surface area (Å²) < 4.78 is 5.51. The fraction of sp³-hybridized carbons (Fsp3) is 0.571. The van der Waals surface area contributed by atoms with E-state index in [4.69, 9.17) is 10.5 Å². The molecule has 17 heavy (non-hydrogen) atoms. The molecule has 3 nitrogen and oxygen atoms in total. The summed E-state index contributed by atoms with van der Waals surface area (Å²) in [6, 6.07) is 6.48. The van der Waals surface area contributed by atoms with Crippen molar-refractivity contribution in [2.75, 3.05) is 26.7 Å². The third-order valence-electron chi connectivity index (χ3n) is 3.70. The van der Waals surface area contributed by atoms with Crippen LogP contribution in [-0.2, 0) is 0 Å². The van der Waals surface area contributed by atoms with E-state index >= 15 is 0 Å². The van der Waals surface area contributed by atoms with E-state index in [1.54, 1.807) is 7.11 Å². The minimum Gasteiger partial charge on any atom is -0.496 e. The maximum absolute atomic E-state index is 5.87. The minimum absolute atomic E-state index is 0.514. The van der Waals surface area contributed by atoms with Crippen LogP contribution >= 0.6 is 0 Å². The standard InChI is InChI=1S/C14H22N2O/c1-10-3-4-13(14(7-10)17-2)12-5-6-16-9-11(12)8-15/h3-4,7,11-12,16H,5-6,8-9,15H2,1-2H3. The molecule has 1 aliphatic rings. The van der Waals surface area contributed by atoms with Crippen molar-refractivity contribution in [1.29, 1.82) is 0 Å². The molecule has 1 aliphatic heterocycles. The molecule has 0 aromatic heterocycles. The van der Waals surface area contributed by atoms with Gasteiger partial charge in [0.1, 0.15) is 5.75 Å². The highest BCUT2D eigenvalue weighted by Gasteiger charge is 2.27. The van der Waals surface area contributed by atoms with Crippen molar-refractivity contribution in [3.8, 4) is 5.75 Å². The summed E-state index contributed by atoms with van der Waals surface area (Å²) in [5.41, 5.74) is 8.43. The highest BCUT2D eigenvalue weighted by Crippen LogP contribution is 2.36. The summed E-state index contributed by atoms with van der Waals surface area (Å²) >= 11 is 0. The molecule has 1 saturated heterocycles. The Morgan fingerprint density at radius 2 is 2.29 bits per heavy atom. The van der Waals surface area contributed by atoms with E-state index in [0.29, 0.717) is 11.8 Å². The Hall–Kier alpha value is -1.06. The Kier molecular flexibility index (Phi) is 4.02. The van der Waals surface area contributed by atoms with Gasteiger partial charge in [0.25, 0.3) is 0 Å². The molecule has 0 radical (unpaired) electrons. The van der Waals surface area contributed by atoms with Gasteiger partial charge in [-0.3, -0.25) is 0 Å². The lowest BCUT2D eigenvalue weighted by molar-refractivity contribution is 0.320. The number of hydrogen-bond donors (Lipinski definition) is 2. The lowest BCUT2D eigenvalue weighted by atomic mass is 9.80. The van der Waals surface area contributed by atoms with E-state index in [9.17, 15) is 0 Å². The quantitative estimate of drug-likeness (QED) is 0.836. The first kappa shape index (κ1) is 12.4. The van der Waals surface area contributed by atoms with Gasteiger partial charge in [0, 0.05) is 0 Å². The third kappa shape index (κ3) is 2.61. The van der Waals surface area contributed by atoms with Crippen LogP contribution in [0.15, 0.2) is 18.2 Å². The maximum Gasteiger partial charge on any atom is 0.122 e. The number of rotatable bonds is 3. The maximum atomic E-state index is 5.87. The molecule has 1 fully saturated rings. The second-order valence-corrected chi connectivity index (χ2v) is 4.84. The first-order valence-electron chi connectivity index (χ1n) is 6.31. The van der Waals surface area contributed by atoms with Crippen LogP contribution < -0.4 is 15.8 Å². The average Bonchev–Trinajstić information content (AvgIpc) is 2.38. The van der Waals surface area contributed by atoms with Crippen molar-refractivity contribution in [3.63, 3.8) is 0 Å². The SMILES string of the molecule is COc1cc(C)ccc1C1CCNCC1CN. The molecular weight excluding hydrogens is 212 g/mol. The summed E-state index contributed by atoms with van der Waals surface area (Å²) in [5.74, 6) is 2.05. The number of methoxy groups -OCH3 is 1. The Balaban J connectivity index is 2.30. The van der Waals surface area contributed by atoms with Crippen molar-refractivity contribution in [2.24, 2.45) is 11.7 Å². The Labute approximate surface area is 103 Å². The highest BCUT2D eigenvalue weighted by atomic mass is 16.5. The van der Waals surface area contributed by atoms with Crippen molar-refractivity contribution in [3.05, 3.63) is 29.3 Å². The molecule has 0 aliphatic carbocycles. The highest BCUT2D eigenvalue weighted by molar-refractivity contribution is 5.40. The molecule has 1 aromatic carbocycles. The Bertz CT molecular complexity index is 378. The van der Waals surface area contributed by atoms with Crippen LogP contribution in [0.1, 0.15) is 23.5 Å². The number of ether oxygens (including phenoxy) is 1. The first-order valence-corrected chi connectivity index (χ1v) is 6.31. The fourth-order valence-electron chi connectivity index (χ4n) is 2.70. The molecule has 3 N–H and O–H groups in total. The zero-order chi connectivity index (χ0) is 12.3. The molecule has 2 rings (SSSR count). The largest absolute Gasteiger partial charge is 0.496 e. The van der Waals surface area contributed by atoms with Crippen molar-refractivity contribution >= 4 is 0 Å². The molecule has 1 heterocycles. The topological polar surface area (TPSA) is 47.3 Å². The van der Waals surface area contributed by atoms with Crippen LogP contribution in [0.25, 0.3) is 0 Å². The van der Waals surface area contributed by atoms with Gasteiger partial charge in [0.2, 0.25) is 0 Å². The van der Waals surface area contributed by atoms with Gasteiger partial charge in [-0.1, -0.05) is 12.1 Å². The van der Waals surface area contributed by atoms with E-state index < -0.39 is 0 Å². The normalized spacial score (nSPS) is 24.6. The van der Waals surface area contributed by atoms with Gasteiger partial charge < -0.3 is 15.8 Å². The van der Waals surface area contributed by atoms with Gasteiger partial charge >= 0.3 is 0 Å². The van der Waals surface area contributed by atoms with Gasteiger partial charge in [-0.15, -0.1) is 0 Å². The van der Waals surface area contributed by atoms with Crippen LogP contribution in [-0.4, -0.2) is 26.7 Å². The summed E-state index contributed by atoms with van der Waals surface area (Å²) in [6.45, 7) is 4.90. The van der Waals surface area contributed by atoms with Crippen LogP contribution in [0.5, 0.6) is 5.75 Å². The number of piperidine rings is 1. The van der Waals surface area contributed by atoms with Crippen molar-refractivity contribution < 1.29 is 4.74 Å². The molecule has 94 valence electrons. The van der Waals surface area contributed by atoms with E-state index in [-0.39, 0.29) is 0 Å². The minimum atomic E-state index is 0.514. The fourth-order valence-corrected chi connectivity index (χ4v) is 2.70. The summed E-state index contributed by atoms with van der Waals surface area (Å²) in [5, 5.41) is 3.41. The second kappa shape index (κ2) is 5.52. The summed E-state index contributed by atoms with van der Waals surface area (Å²) in [6.07, 6.45) is 1.14. The molecule has 2 atom stereocenters. The molecule has 3 heteroatoms. The number of benzene rings is 1. The lowest BCUT2D eigenvalue weighted by Gasteiger charge is -2.32. The second-order valence-electron chi connectivity index (χ2n) is 4.84. The average molecular weight is 234 g/mol. The summed E-state index contributed by atoms with van der Waals surface area (Å²) in [7, 11) is 1.75. The predicted molar refractivity (Wildman–Crippen MR) is 70.5 cm³/mol. The molecule has 0 saturated carbocycles. The smallest absolute Gasteiger partial charge is 0.122 e. The van der Waals surface area contributed by atoms with Crippen LogP contribution in [0.3, 0.4) is 0 Å². The van der Waals surface area contributed by atoms with Gasteiger partial charge in [0.15, 0.2) is 0 Å². The van der Waals surface area contributed by atoms with Gasteiger partial charge in [-0.2, -0.15) is 0 Å². The van der Waals surface area contributed by atoms with E-state index in [1.165, 1.54) is 11.1 Å². The van der Waals surface area contributed by atoms with E-state index in [2.05, 4.69) is 30.4 Å². The summed E-state index contributed by atoms with van der Waals surface area (Å²) in [4.78, 5) is 0. The number of aryl methyl sites for hydroxylation is 1. The third-order valence-corrected chi connectivity index (χ3v) is 3.70. The zero-order valence-electron chi connectivity index (χ0n) is 10.7. The number of nitrogens with two attached hydrogens (primary N) is 1. The zero-order valence-corrected chi connectivity index (χ0v) is 10.7. The Morgan fingerprint density at radius 3 is 3.00 bits per heavy atom. The van der Waals surface area contributed by atoms with Crippen molar-refractivity contribution in [2.45, 2.75) is 19.3 Å². The molecule has 1 aromatic rings. The van der Waals surface area contributed by atoms with Gasteiger partial charge in [0.05, 0.1) is 7.11 Å². The van der Waals surface area contributed by atoms with Crippen LogP contribution in [0, 0.1) is 12.8 Å². The van der Waals surface area contributed by atoms with Gasteiger partial charge in [-0.25, -0.2) is 0 Å². The lowest BCUT2D eigenvalue weighted by Crippen LogP contribution is -2.39. The van der Waals surface area contributed by atoms with Gasteiger partial charge in [-0.05, 0) is 62.0 Å². The Morgan fingerprint density at radius 1 is 1.47 bits per heavy atom. The molecule has 2 unspecified atom stereocenters. The van der Waals surface area contributed by atoms with Crippen LogP contribution in [0.4, 0.5) is 0 Å².